The van der Waals surface area contributed by atoms with Gasteiger partial charge in [-0.3, -0.25) is 0 Å². The zero-order valence-electron chi connectivity index (χ0n) is 12.5. The predicted molar refractivity (Wildman–Crippen MR) is 82.7 cm³/mol. The molecule has 0 saturated carbocycles. The summed E-state index contributed by atoms with van der Waals surface area (Å²) >= 11 is 0. The molecule has 108 valence electrons. The molecule has 1 aromatic rings. The summed E-state index contributed by atoms with van der Waals surface area (Å²) in [6, 6.07) is 10.5. The van der Waals surface area contributed by atoms with E-state index in [-0.39, 0.29) is 12.1 Å². The van der Waals surface area contributed by atoms with Crippen molar-refractivity contribution in [1.82, 2.24) is 5.32 Å². The lowest BCUT2D eigenvalue weighted by atomic mass is 9.98. The molecular formula is C16H28N2O. The van der Waals surface area contributed by atoms with Crippen LogP contribution in [0.3, 0.4) is 0 Å². The van der Waals surface area contributed by atoms with Crippen LogP contribution in [0, 0.1) is 0 Å². The highest BCUT2D eigenvalue weighted by Gasteiger charge is 2.22. The summed E-state index contributed by atoms with van der Waals surface area (Å²) in [5.74, 6) is 0. The first kappa shape index (κ1) is 16.0. The van der Waals surface area contributed by atoms with Crippen LogP contribution in [0.1, 0.15) is 33.6 Å². The Labute approximate surface area is 117 Å². The number of aliphatic hydroxyl groups is 1. The van der Waals surface area contributed by atoms with Crippen molar-refractivity contribution in [3.05, 3.63) is 30.3 Å². The van der Waals surface area contributed by atoms with E-state index in [2.05, 4.69) is 55.3 Å². The Morgan fingerprint density at radius 2 is 1.89 bits per heavy atom. The minimum Gasteiger partial charge on any atom is -0.394 e. The molecule has 0 spiro atoms. The van der Waals surface area contributed by atoms with Crippen LogP contribution in [0.15, 0.2) is 30.3 Å². The summed E-state index contributed by atoms with van der Waals surface area (Å²) in [5.41, 5.74) is 1.07. The Hall–Kier alpha value is -1.06. The highest BCUT2D eigenvalue weighted by Crippen LogP contribution is 2.16. The van der Waals surface area contributed by atoms with E-state index in [1.165, 1.54) is 5.69 Å². The van der Waals surface area contributed by atoms with E-state index in [1.54, 1.807) is 0 Å². The molecule has 0 aliphatic carbocycles. The normalized spacial score (nSPS) is 14.1. The zero-order valence-corrected chi connectivity index (χ0v) is 12.5. The van der Waals surface area contributed by atoms with Gasteiger partial charge in [-0.05, 0) is 45.4 Å². The number of nitrogens with zero attached hydrogens (tertiary/aromatic N) is 1. The van der Waals surface area contributed by atoms with Crippen LogP contribution in [0.2, 0.25) is 0 Å². The molecule has 3 nitrogen and oxygen atoms in total. The van der Waals surface area contributed by atoms with Gasteiger partial charge in [0.05, 0.1) is 6.61 Å². The molecule has 3 heteroatoms. The van der Waals surface area contributed by atoms with Crippen molar-refractivity contribution < 1.29 is 5.11 Å². The van der Waals surface area contributed by atoms with Gasteiger partial charge in [-0.25, -0.2) is 0 Å². The minimum atomic E-state index is -0.182. The second-order valence-corrected chi connectivity index (χ2v) is 5.31. The van der Waals surface area contributed by atoms with Crippen LogP contribution in [-0.2, 0) is 0 Å². The van der Waals surface area contributed by atoms with Crippen molar-refractivity contribution >= 4 is 5.69 Å². The second kappa shape index (κ2) is 8.18. The minimum absolute atomic E-state index is 0.180. The SMILES string of the molecule is CCCNC(C)(CO)CCN(CC)c1ccccc1. The van der Waals surface area contributed by atoms with E-state index >= 15 is 0 Å². The second-order valence-electron chi connectivity index (χ2n) is 5.31. The molecule has 0 bridgehead atoms. The van der Waals surface area contributed by atoms with Gasteiger partial charge in [0.1, 0.15) is 0 Å². The standard InChI is InChI=1S/C16H28N2O/c1-4-12-17-16(3,14-19)11-13-18(5-2)15-9-7-6-8-10-15/h6-10,17,19H,4-5,11-14H2,1-3H3. The molecule has 0 aliphatic rings. The predicted octanol–water partition coefficient (Wildman–Crippen LogP) is 2.65. The van der Waals surface area contributed by atoms with Crippen molar-refractivity contribution in [2.45, 2.75) is 39.2 Å². The number of nitrogens with one attached hydrogen (secondary N) is 1. The molecule has 0 radical (unpaired) electrons. The third kappa shape index (κ3) is 5.21. The maximum absolute atomic E-state index is 9.59. The number of benzene rings is 1. The van der Waals surface area contributed by atoms with E-state index in [9.17, 15) is 5.11 Å². The summed E-state index contributed by atoms with van der Waals surface area (Å²) in [7, 11) is 0. The van der Waals surface area contributed by atoms with Crippen molar-refractivity contribution in [2.24, 2.45) is 0 Å². The Bertz CT molecular complexity index is 342. The van der Waals surface area contributed by atoms with Gasteiger partial charge in [0.15, 0.2) is 0 Å². The summed E-state index contributed by atoms with van der Waals surface area (Å²) in [6.07, 6.45) is 2.03. The Morgan fingerprint density at radius 1 is 1.21 bits per heavy atom. The largest absolute Gasteiger partial charge is 0.394 e. The van der Waals surface area contributed by atoms with Crippen LogP contribution in [0.4, 0.5) is 5.69 Å². The summed E-state index contributed by atoms with van der Waals surface area (Å²) < 4.78 is 0. The van der Waals surface area contributed by atoms with Gasteiger partial charge in [0.2, 0.25) is 0 Å². The van der Waals surface area contributed by atoms with E-state index in [0.29, 0.717) is 0 Å². The number of para-hydroxylation sites is 1. The molecule has 0 fully saturated rings. The number of rotatable bonds is 9. The third-order valence-electron chi connectivity index (χ3n) is 3.59. The van der Waals surface area contributed by atoms with Crippen LogP contribution in [0.5, 0.6) is 0 Å². The van der Waals surface area contributed by atoms with Crippen molar-refractivity contribution in [1.29, 1.82) is 0 Å². The molecule has 0 aliphatic heterocycles. The smallest absolute Gasteiger partial charge is 0.0611 e. The molecule has 2 N–H and O–H groups in total. The molecule has 19 heavy (non-hydrogen) atoms. The van der Waals surface area contributed by atoms with Gasteiger partial charge in [-0.15, -0.1) is 0 Å². The molecule has 1 aromatic carbocycles. The number of hydrogen-bond donors (Lipinski definition) is 2. The molecule has 1 unspecified atom stereocenters. The highest BCUT2D eigenvalue weighted by atomic mass is 16.3. The fourth-order valence-electron chi connectivity index (χ4n) is 2.14. The Balaban J connectivity index is 2.56. The first-order chi connectivity index (χ1) is 9.15. The van der Waals surface area contributed by atoms with Crippen LogP contribution < -0.4 is 10.2 Å². The van der Waals surface area contributed by atoms with E-state index in [0.717, 1.165) is 32.5 Å². The Kier molecular flexibility index (Phi) is 6.89. The zero-order chi connectivity index (χ0) is 14.1. The van der Waals surface area contributed by atoms with Gasteiger partial charge >= 0.3 is 0 Å². The fourth-order valence-corrected chi connectivity index (χ4v) is 2.14. The fraction of sp³-hybridized carbons (Fsp3) is 0.625. The maximum atomic E-state index is 9.59. The van der Waals surface area contributed by atoms with E-state index in [1.807, 2.05) is 6.07 Å². The lowest BCUT2D eigenvalue weighted by Crippen LogP contribution is -2.48. The summed E-state index contributed by atoms with van der Waals surface area (Å²) in [5, 5.41) is 13.0. The average Bonchev–Trinajstić information content (AvgIpc) is 2.47. The first-order valence-corrected chi connectivity index (χ1v) is 7.31. The molecular weight excluding hydrogens is 236 g/mol. The van der Waals surface area contributed by atoms with Crippen molar-refractivity contribution in [2.75, 3.05) is 31.1 Å². The summed E-state index contributed by atoms with van der Waals surface area (Å²) in [6.45, 7) is 9.48. The topological polar surface area (TPSA) is 35.5 Å². The van der Waals surface area contributed by atoms with Gasteiger partial charge in [-0.1, -0.05) is 25.1 Å². The van der Waals surface area contributed by atoms with Crippen LogP contribution in [-0.4, -0.2) is 36.9 Å². The number of anilines is 1. The van der Waals surface area contributed by atoms with Gasteiger partial charge in [-0.2, -0.15) is 0 Å². The number of aliphatic hydroxyl groups excluding tert-OH is 1. The highest BCUT2D eigenvalue weighted by molar-refractivity contribution is 5.45. The van der Waals surface area contributed by atoms with Crippen molar-refractivity contribution in [3.63, 3.8) is 0 Å². The number of hydrogen-bond acceptors (Lipinski definition) is 3. The molecule has 0 saturated heterocycles. The monoisotopic (exact) mass is 264 g/mol. The van der Waals surface area contributed by atoms with Gasteiger partial charge in [0, 0.05) is 24.3 Å². The third-order valence-corrected chi connectivity index (χ3v) is 3.59. The van der Waals surface area contributed by atoms with Crippen LogP contribution in [0.25, 0.3) is 0 Å². The molecule has 0 amide bonds. The average molecular weight is 264 g/mol. The quantitative estimate of drug-likeness (QED) is 0.720. The Morgan fingerprint density at radius 3 is 2.42 bits per heavy atom. The first-order valence-electron chi connectivity index (χ1n) is 7.31. The maximum Gasteiger partial charge on any atom is 0.0611 e. The van der Waals surface area contributed by atoms with Gasteiger partial charge < -0.3 is 15.3 Å². The van der Waals surface area contributed by atoms with Crippen LogP contribution >= 0.6 is 0 Å². The van der Waals surface area contributed by atoms with Gasteiger partial charge in [0.25, 0.3) is 0 Å². The van der Waals surface area contributed by atoms with E-state index in [4.69, 9.17) is 0 Å². The molecule has 1 atom stereocenters. The lowest BCUT2D eigenvalue weighted by Gasteiger charge is -2.32. The lowest BCUT2D eigenvalue weighted by molar-refractivity contribution is 0.167. The summed E-state index contributed by atoms with van der Waals surface area (Å²) in [4.78, 5) is 2.35. The van der Waals surface area contributed by atoms with E-state index < -0.39 is 0 Å². The molecule has 1 rings (SSSR count). The molecule has 0 aromatic heterocycles. The molecule has 0 heterocycles. The van der Waals surface area contributed by atoms with Crippen molar-refractivity contribution in [3.8, 4) is 0 Å².